The van der Waals surface area contributed by atoms with Crippen LogP contribution in [0.25, 0.3) is 5.65 Å². The van der Waals surface area contributed by atoms with Crippen molar-refractivity contribution in [2.45, 2.75) is 38.0 Å². The quantitative estimate of drug-likeness (QED) is 0.262. The summed E-state index contributed by atoms with van der Waals surface area (Å²) in [5.41, 5.74) is 2.12. The van der Waals surface area contributed by atoms with Crippen molar-refractivity contribution in [3.63, 3.8) is 0 Å². The third-order valence-corrected chi connectivity index (χ3v) is 8.58. The van der Waals surface area contributed by atoms with Gasteiger partial charge in [0.2, 0.25) is 5.28 Å². The first-order valence-corrected chi connectivity index (χ1v) is 14.2. The number of benzene rings is 1. The van der Waals surface area contributed by atoms with Crippen molar-refractivity contribution in [1.29, 1.82) is 0 Å². The molecule has 0 amide bonds. The molecule has 3 heterocycles. The molecule has 3 aromatic rings. The van der Waals surface area contributed by atoms with E-state index in [0.29, 0.717) is 40.0 Å². The van der Waals surface area contributed by atoms with Crippen LogP contribution in [0.5, 0.6) is 0 Å². The minimum absolute atomic E-state index is 0.0453. The van der Waals surface area contributed by atoms with Crippen LogP contribution in [0.15, 0.2) is 24.4 Å². The number of halogens is 3. The Morgan fingerprint density at radius 3 is 2.76 bits per heavy atom. The molecule has 1 saturated heterocycles. The van der Waals surface area contributed by atoms with Crippen molar-refractivity contribution in [2.75, 3.05) is 17.8 Å². The Morgan fingerprint density at radius 1 is 1.24 bits per heavy atom. The summed E-state index contributed by atoms with van der Waals surface area (Å²) in [6.45, 7) is 2.11. The predicted octanol–water partition coefficient (Wildman–Crippen LogP) is 5.05. The normalized spacial score (nSPS) is 20.2. The Balaban J connectivity index is 1.48. The number of hydrogen-bond acceptors (Lipinski definition) is 9. The molecule has 0 aliphatic carbocycles. The van der Waals surface area contributed by atoms with Gasteiger partial charge < -0.3 is 29.3 Å². The van der Waals surface area contributed by atoms with Gasteiger partial charge in [-0.05, 0) is 49.1 Å². The molecule has 4 unspecified atom stereocenters. The second kappa shape index (κ2) is 11.4. The number of aromatic nitrogens is 4. The van der Waals surface area contributed by atoms with Gasteiger partial charge in [-0.2, -0.15) is 4.98 Å². The number of ether oxygens (including phenoxy) is 1. The van der Waals surface area contributed by atoms with Gasteiger partial charge in [0.25, 0.3) is 0 Å². The van der Waals surface area contributed by atoms with Crippen molar-refractivity contribution in [3.8, 4) is 0 Å². The Bertz CT molecular complexity index is 1160. The summed E-state index contributed by atoms with van der Waals surface area (Å²) in [4.78, 5) is 36.5. The molecule has 4 N–H and O–H groups in total. The number of hydrogen-bond donors (Lipinski definition) is 4. The molecule has 4 rings (SSSR count). The van der Waals surface area contributed by atoms with Gasteiger partial charge >= 0.3 is 0 Å². The van der Waals surface area contributed by atoms with Crippen molar-refractivity contribution in [1.82, 2.24) is 19.6 Å². The first-order valence-electron chi connectivity index (χ1n) is 10.2. The number of anilines is 1. The highest BCUT2D eigenvalue weighted by atomic mass is 35.5. The van der Waals surface area contributed by atoms with Gasteiger partial charge in [0, 0.05) is 0 Å². The van der Waals surface area contributed by atoms with E-state index in [1.54, 1.807) is 22.8 Å². The zero-order chi connectivity index (χ0) is 24.4. The largest absolute Gasteiger partial charge is 0.366 e. The highest BCUT2D eigenvalue weighted by Crippen LogP contribution is 2.44. The topological polar surface area (TPSA) is 134 Å². The van der Waals surface area contributed by atoms with E-state index in [1.807, 2.05) is 13.0 Å². The second-order valence-electron chi connectivity index (χ2n) is 7.67. The number of fused-ring (bicyclic) bond motifs is 1. The molecule has 34 heavy (non-hydrogen) atoms. The predicted molar refractivity (Wildman–Crippen MR) is 132 cm³/mol. The molecule has 2 aromatic heterocycles. The van der Waals surface area contributed by atoms with Gasteiger partial charge in [-0.3, -0.25) is 0 Å². The monoisotopic (exact) mass is 567 g/mol. The molecule has 10 nitrogen and oxygen atoms in total. The maximum Gasteiger partial charge on any atom is 0.243 e. The number of nitrogens with zero attached hydrogens (tertiary/aromatic N) is 4. The van der Waals surface area contributed by atoms with Crippen molar-refractivity contribution in [3.05, 3.63) is 51.0 Å². The van der Waals surface area contributed by atoms with E-state index in [9.17, 15) is 4.89 Å². The van der Waals surface area contributed by atoms with E-state index in [4.69, 9.17) is 53.9 Å². The van der Waals surface area contributed by atoms with Crippen LogP contribution in [0.4, 0.5) is 5.82 Å². The van der Waals surface area contributed by atoms with Crippen LogP contribution in [-0.4, -0.2) is 52.9 Å². The summed E-state index contributed by atoms with van der Waals surface area (Å²) in [7, 11) is -4.09. The van der Waals surface area contributed by atoms with E-state index in [1.165, 1.54) is 0 Å². The van der Waals surface area contributed by atoms with E-state index >= 15 is 0 Å². The summed E-state index contributed by atoms with van der Waals surface area (Å²) >= 11 is 18.4. The first kappa shape index (κ1) is 26.2. The van der Waals surface area contributed by atoms with Crippen molar-refractivity contribution < 1.29 is 23.9 Å². The van der Waals surface area contributed by atoms with Crippen molar-refractivity contribution in [2.24, 2.45) is 0 Å². The smallest absolute Gasteiger partial charge is 0.243 e. The fourth-order valence-corrected chi connectivity index (χ4v) is 5.62. The summed E-state index contributed by atoms with van der Waals surface area (Å²) in [6.07, 6.45) is 2.52. The molecule has 0 spiro atoms. The lowest BCUT2D eigenvalue weighted by molar-refractivity contribution is 0.0151. The third-order valence-electron chi connectivity index (χ3n) is 5.25. The molecule has 1 aromatic carbocycles. The average molecular weight is 569 g/mol. The van der Waals surface area contributed by atoms with Crippen LogP contribution in [0.2, 0.25) is 15.3 Å². The molecule has 1 aliphatic rings. The maximum absolute atomic E-state index is 9.73. The van der Waals surface area contributed by atoms with E-state index < -0.39 is 16.8 Å². The highest BCUT2D eigenvalue weighted by molar-refractivity contribution is 7.63. The number of rotatable bonds is 9. The van der Waals surface area contributed by atoms with Gasteiger partial charge in [0.15, 0.2) is 28.2 Å². The molecule has 4 atom stereocenters. The Morgan fingerprint density at radius 2 is 2.03 bits per heavy atom. The van der Waals surface area contributed by atoms with Crippen molar-refractivity contribution >= 4 is 63.0 Å². The first-order chi connectivity index (χ1) is 16.2. The Labute approximate surface area is 213 Å². The third kappa shape index (κ3) is 6.26. The van der Waals surface area contributed by atoms with Crippen LogP contribution < -0.4 is 5.32 Å². The zero-order valence-electron chi connectivity index (χ0n) is 17.8. The lowest BCUT2D eigenvalue weighted by atomic mass is 10.1. The molecular weight excluding hydrogens is 547 g/mol. The van der Waals surface area contributed by atoms with E-state index in [2.05, 4.69) is 20.4 Å². The van der Waals surface area contributed by atoms with Gasteiger partial charge in [0.05, 0.1) is 46.6 Å². The van der Waals surface area contributed by atoms with Crippen LogP contribution in [0, 0.1) is 0 Å². The molecule has 1 fully saturated rings. The highest BCUT2D eigenvalue weighted by Gasteiger charge is 2.31. The fourth-order valence-electron chi connectivity index (χ4n) is 3.62. The van der Waals surface area contributed by atoms with Crippen LogP contribution in [-0.2, 0) is 9.26 Å². The minimum atomic E-state index is -2.20. The summed E-state index contributed by atoms with van der Waals surface area (Å²) in [5.74, 6) is 0.290. The lowest BCUT2D eigenvalue weighted by Crippen LogP contribution is -2.15. The van der Waals surface area contributed by atoms with Gasteiger partial charge in [-0.25, -0.2) is 9.50 Å². The average Bonchev–Trinajstić information content (AvgIpc) is 3.40. The molecule has 0 bridgehead atoms. The second-order valence-corrected chi connectivity index (χ2v) is 11.7. The van der Waals surface area contributed by atoms with Gasteiger partial charge in [-0.15, -0.1) is 5.10 Å². The number of nitrogens with one attached hydrogen (secondary N) is 1. The van der Waals surface area contributed by atoms with Crippen LogP contribution >= 0.6 is 51.6 Å². The van der Waals surface area contributed by atoms with Crippen LogP contribution in [0.1, 0.15) is 43.2 Å². The fraction of sp³-hybridized carbons (Fsp3) is 0.421. The molecule has 15 heteroatoms. The van der Waals surface area contributed by atoms with E-state index in [0.717, 1.165) is 5.56 Å². The maximum atomic E-state index is 9.73. The standard InChI is InChI=1S/C19H22Cl3N5O5P2/c1-10(11-2-4-13(20)14(21)6-11)24-17-18-23-7-15(27(18)26-19(22)25-17)16-5-3-12(32-16)8-31-34(30)9-33(28)29/h2,4,6-7,10,12,16,28-30H,3,5,8-9H2,1H3,(H,24,25,26). The summed E-state index contributed by atoms with van der Waals surface area (Å²) in [5, 5.41) is 8.59. The summed E-state index contributed by atoms with van der Waals surface area (Å²) < 4.78 is 13.0. The minimum Gasteiger partial charge on any atom is -0.366 e. The molecule has 1 aliphatic heterocycles. The van der Waals surface area contributed by atoms with E-state index in [-0.39, 0.29) is 36.0 Å². The summed E-state index contributed by atoms with van der Waals surface area (Å²) in [6, 6.07) is 5.23. The molecule has 184 valence electrons. The molecule has 0 saturated carbocycles. The van der Waals surface area contributed by atoms with Gasteiger partial charge in [0.1, 0.15) is 6.10 Å². The number of imidazole rings is 1. The zero-order valence-corrected chi connectivity index (χ0v) is 21.9. The Hall–Kier alpha value is -0.900. The molecular formula is C19H22Cl3N5O5P2. The SMILES string of the molecule is CC(Nc1nc(Cl)nn2c(C3CCC(COP(O)CP(O)O)O3)cnc12)c1ccc(Cl)c(Cl)c1. The van der Waals surface area contributed by atoms with Crippen LogP contribution in [0.3, 0.4) is 0 Å². The Kier molecular flexibility index (Phi) is 8.80. The van der Waals surface area contributed by atoms with Gasteiger partial charge in [-0.1, -0.05) is 29.3 Å². The lowest BCUT2D eigenvalue weighted by Gasteiger charge is -2.17. The molecule has 0 radical (unpaired) electrons.